The van der Waals surface area contributed by atoms with Crippen molar-refractivity contribution in [3.8, 4) is 0 Å². The summed E-state index contributed by atoms with van der Waals surface area (Å²) in [5.74, 6) is -0.767. The standard InChI is InChI=1S/C20H21F2N3O2/c21-15-3-1-14(2-4-15)19(26)13-25-11-9-18(10-12-25)24-20(27)23-17-7-5-16(22)6-8-17/h1-8,18H,9-13H2,(H2,23,24,27). The third kappa shape index (κ3) is 5.59. The number of carbonyl (C=O) groups is 2. The Bertz CT molecular complexity index is 786. The number of nitrogens with zero attached hydrogens (tertiary/aromatic N) is 1. The Kier molecular flexibility index (Phi) is 6.13. The lowest BCUT2D eigenvalue weighted by Crippen LogP contribution is -2.47. The van der Waals surface area contributed by atoms with Gasteiger partial charge in [0.05, 0.1) is 6.54 Å². The van der Waals surface area contributed by atoms with Crippen molar-refractivity contribution < 1.29 is 18.4 Å². The van der Waals surface area contributed by atoms with Crippen molar-refractivity contribution in [3.63, 3.8) is 0 Å². The second-order valence-corrected chi connectivity index (χ2v) is 6.59. The lowest BCUT2D eigenvalue weighted by molar-refractivity contribution is 0.0905. The fourth-order valence-electron chi connectivity index (χ4n) is 3.05. The molecule has 0 aromatic heterocycles. The Hall–Kier alpha value is -2.80. The summed E-state index contributed by atoms with van der Waals surface area (Å²) in [4.78, 5) is 26.3. The van der Waals surface area contributed by atoms with E-state index in [-0.39, 0.29) is 36.0 Å². The molecule has 142 valence electrons. The summed E-state index contributed by atoms with van der Waals surface area (Å²) in [6.07, 6.45) is 1.46. The van der Waals surface area contributed by atoms with E-state index >= 15 is 0 Å². The predicted octanol–water partition coefficient (Wildman–Crippen LogP) is 3.43. The number of likely N-dealkylation sites (tertiary alicyclic amines) is 1. The molecule has 3 rings (SSSR count). The number of Topliss-reactive ketones (excluding diaryl/α,β-unsaturated/α-hetero) is 1. The van der Waals surface area contributed by atoms with Gasteiger partial charge in [-0.3, -0.25) is 9.69 Å². The van der Waals surface area contributed by atoms with E-state index in [0.29, 0.717) is 24.3 Å². The van der Waals surface area contributed by atoms with Crippen LogP contribution in [0.1, 0.15) is 23.2 Å². The van der Waals surface area contributed by atoms with Gasteiger partial charge in [-0.2, -0.15) is 0 Å². The fraction of sp³-hybridized carbons (Fsp3) is 0.300. The number of hydrogen-bond acceptors (Lipinski definition) is 3. The highest BCUT2D eigenvalue weighted by Gasteiger charge is 2.22. The van der Waals surface area contributed by atoms with Crippen LogP contribution in [0.5, 0.6) is 0 Å². The summed E-state index contributed by atoms with van der Waals surface area (Å²) in [6.45, 7) is 1.66. The van der Waals surface area contributed by atoms with Gasteiger partial charge in [-0.05, 0) is 61.4 Å². The van der Waals surface area contributed by atoms with Crippen molar-refractivity contribution in [3.05, 3.63) is 65.7 Å². The van der Waals surface area contributed by atoms with Gasteiger partial charge in [0.15, 0.2) is 5.78 Å². The molecule has 2 N–H and O–H groups in total. The number of rotatable bonds is 5. The minimum Gasteiger partial charge on any atom is -0.335 e. The highest BCUT2D eigenvalue weighted by Crippen LogP contribution is 2.13. The van der Waals surface area contributed by atoms with Gasteiger partial charge in [0, 0.05) is 30.4 Å². The summed E-state index contributed by atoms with van der Waals surface area (Å²) >= 11 is 0. The smallest absolute Gasteiger partial charge is 0.319 e. The number of carbonyl (C=O) groups excluding carboxylic acids is 2. The topological polar surface area (TPSA) is 61.4 Å². The predicted molar refractivity (Wildman–Crippen MR) is 98.7 cm³/mol. The van der Waals surface area contributed by atoms with E-state index in [1.807, 2.05) is 4.90 Å². The van der Waals surface area contributed by atoms with Crippen molar-refractivity contribution in [2.24, 2.45) is 0 Å². The minimum absolute atomic E-state index is 0.0163. The van der Waals surface area contributed by atoms with Gasteiger partial charge < -0.3 is 10.6 Å². The lowest BCUT2D eigenvalue weighted by Gasteiger charge is -2.31. The molecule has 0 saturated carbocycles. The molecule has 2 aromatic carbocycles. The normalized spacial score (nSPS) is 15.3. The van der Waals surface area contributed by atoms with Crippen molar-refractivity contribution in [2.75, 3.05) is 25.0 Å². The van der Waals surface area contributed by atoms with Gasteiger partial charge in [0.2, 0.25) is 0 Å². The molecule has 0 atom stereocenters. The maximum atomic E-state index is 12.9. The molecular weight excluding hydrogens is 352 g/mol. The maximum absolute atomic E-state index is 12.9. The SMILES string of the molecule is O=C(Nc1ccc(F)cc1)NC1CCN(CC(=O)c2ccc(F)cc2)CC1. The molecule has 0 bridgehead atoms. The number of urea groups is 1. The van der Waals surface area contributed by atoms with Gasteiger partial charge in [0.1, 0.15) is 11.6 Å². The Morgan fingerprint density at radius 1 is 0.926 bits per heavy atom. The molecule has 0 radical (unpaired) electrons. The summed E-state index contributed by atoms with van der Waals surface area (Å²) in [5.41, 5.74) is 1.02. The van der Waals surface area contributed by atoms with Gasteiger partial charge in [-0.15, -0.1) is 0 Å². The van der Waals surface area contributed by atoms with Crippen LogP contribution in [0.25, 0.3) is 0 Å². The van der Waals surface area contributed by atoms with Gasteiger partial charge in [-0.1, -0.05) is 0 Å². The highest BCUT2D eigenvalue weighted by atomic mass is 19.1. The maximum Gasteiger partial charge on any atom is 0.319 e. The van der Waals surface area contributed by atoms with Crippen molar-refractivity contribution in [1.29, 1.82) is 0 Å². The quantitative estimate of drug-likeness (QED) is 0.790. The molecule has 1 fully saturated rings. The molecular formula is C20H21F2N3O2. The number of benzene rings is 2. The zero-order valence-corrected chi connectivity index (χ0v) is 14.8. The van der Waals surface area contributed by atoms with Crippen molar-refractivity contribution in [2.45, 2.75) is 18.9 Å². The van der Waals surface area contributed by atoms with E-state index in [2.05, 4.69) is 10.6 Å². The van der Waals surface area contributed by atoms with Crippen LogP contribution in [0.3, 0.4) is 0 Å². The molecule has 27 heavy (non-hydrogen) atoms. The molecule has 0 aliphatic carbocycles. The molecule has 0 spiro atoms. The second kappa shape index (κ2) is 8.73. The van der Waals surface area contributed by atoms with Crippen LogP contribution in [0.4, 0.5) is 19.3 Å². The Morgan fingerprint density at radius 3 is 2.07 bits per heavy atom. The van der Waals surface area contributed by atoms with Crippen LogP contribution in [-0.4, -0.2) is 42.4 Å². The average molecular weight is 373 g/mol. The summed E-state index contributed by atoms with van der Waals surface area (Å²) < 4.78 is 25.8. The van der Waals surface area contributed by atoms with Crippen LogP contribution in [0.2, 0.25) is 0 Å². The van der Waals surface area contributed by atoms with Crippen LogP contribution in [0.15, 0.2) is 48.5 Å². The highest BCUT2D eigenvalue weighted by molar-refractivity contribution is 5.97. The summed E-state index contributed by atoms with van der Waals surface area (Å²) in [5, 5.41) is 5.57. The number of nitrogens with one attached hydrogen (secondary N) is 2. The molecule has 5 nitrogen and oxygen atoms in total. The third-order valence-corrected chi connectivity index (χ3v) is 4.56. The molecule has 1 heterocycles. The zero-order valence-electron chi connectivity index (χ0n) is 14.8. The Morgan fingerprint density at radius 2 is 1.48 bits per heavy atom. The average Bonchev–Trinajstić information content (AvgIpc) is 2.66. The number of hydrogen-bond donors (Lipinski definition) is 2. The number of piperidine rings is 1. The van der Waals surface area contributed by atoms with Crippen LogP contribution >= 0.6 is 0 Å². The van der Waals surface area contributed by atoms with E-state index in [1.165, 1.54) is 48.5 Å². The first-order valence-corrected chi connectivity index (χ1v) is 8.84. The molecule has 1 aliphatic rings. The molecule has 0 unspecified atom stereocenters. The van der Waals surface area contributed by atoms with Crippen molar-refractivity contribution in [1.82, 2.24) is 10.2 Å². The van der Waals surface area contributed by atoms with E-state index in [0.717, 1.165) is 12.8 Å². The first kappa shape index (κ1) is 19.0. The van der Waals surface area contributed by atoms with E-state index < -0.39 is 0 Å². The number of halogens is 2. The van der Waals surface area contributed by atoms with E-state index in [1.54, 1.807) is 0 Å². The zero-order chi connectivity index (χ0) is 19.2. The molecule has 1 saturated heterocycles. The lowest BCUT2D eigenvalue weighted by atomic mass is 10.0. The monoisotopic (exact) mass is 373 g/mol. The van der Waals surface area contributed by atoms with Crippen LogP contribution < -0.4 is 10.6 Å². The Balaban J connectivity index is 1.41. The Labute approximate surface area is 156 Å². The minimum atomic E-state index is -0.364. The molecule has 1 aliphatic heterocycles. The van der Waals surface area contributed by atoms with Crippen LogP contribution in [0, 0.1) is 11.6 Å². The number of anilines is 1. The first-order chi connectivity index (χ1) is 13.0. The van der Waals surface area contributed by atoms with Gasteiger partial charge >= 0.3 is 6.03 Å². The number of amides is 2. The number of ketones is 1. The molecule has 2 aromatic rings. The van der Waals surface area contributed by atoms with E-state index in [4.69, 9.17) is 0 Å². The fourth-order valence-corrected chi connectivity index (χ4v) is 3.05. The third-order valence-electron chi connectivity index (χ3n) is 4.56. The van der Waals surface area contributed by atoms with Crippen LogP contribution in [-0.2, 0) is 0 Å². The molecule has 7 heteroatoms. The van der Waals surface area contributed by atoms with Crippen molar-refractivity contribution >= 4 is 17.5 Å². The molecule has 2 amide bonds. The van der Waals surface area contributed by atoms with Gasteiger partial charge in [-0.25, -0.2) is 13.6 Å². The van der Waals surface area contributed by atoms with Gasteiger partial charge in [0.25, 0.3) is 0 Å². The second-order valence-electron chi connectivity index (χ2n) is 6.59. The summed E-state index contributed by atoms with van der Waals surface area (Å²) in [6, 6.07) is 10.8. The first-order valence-electron chi connectivity index (χ1n) is 8.84. The summed E-state index contributed by atoms with van der Waals surface area (Å²) in [7, 11) is 0. The van der Waals surface area contributed by atoms with E-state index in [9.17, 15) is 18.4 Å². The largest absolute Gasteiger partial charge is 0.335 e.